The Morgan fingerprint density at radius 2 is 2.04 bits per heavy atom. The van der Waals surface area contributed by atoms with E-state index in [1.54, 1.807) is 37.0 Å². The van der Waals surface area contributed by atoms with Crippen LogP contribution in [0.15, 0.2) is 48.9 Å². The van der Waals surface area contributed by atoms with Gasteiger partial charge in [-0.1, -0.05) is 11.6 Å². The highest BCUT2D eigenvalue weighted by molar-refractivity contribution is 6.34. The maximum atomic E-state index is 12.6. The van der Waals surface area contributed by atoms with E-state index in [-0.39, 0.29) is 5.91 Å². The van der Waals surface area contributed by atoms with E-state index in [0.717, 1.165) is 0 Å². The van der Waals surface area contributed by atoms with Crippen LogP contribution in [0.5, 0.6) is 5.75 Å². The molecule has 2 heterocycles. The van der Waals surface area contributed by atoms with Crippen LogP contribution in [0.1, 0.15) is 10.4 Å². The lowest BCUT2D eigenvalue weighted by molar-refractivity contribution is 0.102. The van der Waals surface area contributed by atoms with E-state index in [9.17, 15) is 4.79 Å². The first-order valence-electron chi connectivity index (χ1n) is 6.90. The second kappa shape index (κ2) is 6.18. The molecule has 3 rings (SSSR count). The summed E-state index contributed by atoms with van der Waals surface area (Å²) in [6.07, 6.45) is 5.24. The van der Waals surface area contributed by atoms with E-state index in [0.29, 0.717) is 27.8 Å². The third-order valence-electron chi connectivity index (χ3n) is 3.43. The van der Waals surface area contributed by atoms with Gasteiger partial charge in [0.2, 0.25) is 0 Å². The summed E-state index contributed by atoms with van der Waals surface area (Å²) in [5.41, 5.74) is 0.968. The lowest BCUT2D eigenvalue weighted by Gasteiger charge is -2.10. The number of nitrogens with one attached hydrogen (secondary N) is 1. The molecule has 7 heteroatoms. The van der Waals surface area contributed by atoms with Crippen LogP contribution < -0.4 is 10.1 Å². The minimum absolute atomic E-state index is 0.283. The number of benzene rings is 1. The summed E-state index contributed by atoms with van der Waals surface area (Å²) in [6.45, 7) is 0. The molecule has 0 spiro atoms. The Bertz CT molecular complexity index is 840. The number of rotatable bonds is 4. The van der Waals surface area contributed by atoms with Crippen molar-refractivity contribution in [1.82, 2.24) is 14.3 Å². The maximum Gasteiger partial charge on any atom is 0.261 e. The van der Waals surface area contributed by atoms with Gasteiger partial charge in [0, 0.05) is 25.5 Å². The van der Waals surface area contributed by atoms with E-state index in [2.05, 4.69) is 10.4 Å². The summed E-state index contributed by atoms with van der Waals surface area (Å²) >= 11 is 6.16. The first-order valence-corrected chi connectivity index (χ1v) is 7.28. The van der Waals surface area contributed by atoms with Crippen molar-refractivity contribution in [3.8, 4) is 11.6 Å². The molecular weight excluding hydrogens is 316 g/mol. The second-order valence-electron chi connectivity index (χ2n) is 4.90. The fourth-order valence-electron chi connectivity index (χ4n) is 2.29. The molecule has 0 radical (unpaired) electrons. The molecule has 6 nitrogen and oxygen atoms in total. The number of carbonyl (C=O) groups is 1. The third kappa shape index (κ3) is 2.93. The average Bonchev–Trinajstić information content (AvgIpc) is 3.18. The fourth-order valence-corrected chi connectivity index (χ4v) is 2.50. The highest BCUT2D eigenvalue weighted by Crippen LogP contribution is 2.27. The van der Waals surface area contributed by atoms with Crippen molar-refractivity contribution in [2.45, 2.75) is 0 Å². The standard InChI is InChI=1S/C16H15ClN4O2/c1-20-16(21-7-3-4-8-21)12(10-18-20)15(22)19-14-6-5-11(23-2)9-13(14)17/h3-10H,1-2H3,(H,19,22). The van der Waals surface area contributed by atoms with Crippen molar-refractivity contribution in [1.29, 1.82) is 0 Å². The van der Waals surface area contributed by atoms with Gasteiger partial charge in [0.15, 0.2) is 0 Å². The molecule has 0 bridgehead atoms. The minimum Gasteiger partial charge on any atom is -0.497 e. The Morgan fingerprint density at radius 3 is 2.70 bits per heavy atom. The van der Waals surface area contributed by atoms with Crippen molar-refractivity contribution in [2.75, 3.05) is 12.4 Å². The fraction of sp³-hybridized carbons (Fsp3) is 0.125. The van der Waals surface area contributed by atoms with Crippen molar-refractivity contribution in [3.05, 3.63) is 59.5 Å². The molecule has 0 aliphatic rings. The molecule has 0 fully saturated rings. The number of anilines is 1. The molecule has 1 N–H and O–H groups in total. The number of aryl methyl sites for hydroxylation is 1. The Hall–Kier alpha value is -2.73. The summed E-state index contributed by atoms with van der Waals surface area (Å²) in [7, 11) is 3.34. The Kier molecular flexibility index (Phi) is 4.08. The van der Waals surface area contributed by atoms with Crippen molar-refractivity contribution in [2.24, 2.45) is 7.05 Å². The number of hydrogen-bond acceptors (Lipinski definition) is 3. The zero-order valence-electron chi connectivity index (χ0n) is 12.7. The monoisotopic (exact) mass is 330 g/mol. The first kappa shape index (κ1) is 15.2. The van der Waals surface area contributed by atoms with Crippen molar-refractivity contribution < 1.29 is 9.53 Å². The zero-order valence-corrected chi connectivity index (χ0v) is 13.4. The van der Waals surface area contributed by atoms with Gasteiger partial charge >= 0.3 is 0 Å². The number of hydrogen-bond donors (Lipinski definition) is 1. The van der Waals surface area contributed by atoms with E-state index in [1.807, 2.05) is 29.1 Å². The van der Waals surface area contributed by atoms with Crippen LogP contribution in [-0.4, -0.2) is 27.4 Å². The molecule has 0 unspecified atom stereocenters. The maximum absolute atomic E-state index is 12.6. The number of amides is 1. The van der Waals surface area contributed by atoms with E-state index >= 15 is 0 Å². The largest absolute Gasteiger partial charge is 0.497 e. The molecule has 118 valence electrons. The number of ether oxygens (including phenoxy) is 1. The second-order valence-corrected chi connectivity index (χ2v) is 5.30. The molecule has 1 aromatic carbocycles. The van der Waals surface area contributed by atoms with E-state index in [1.165, 1.54) is 6.20 Å². The number of halogens is 1. The summed E-state index contributed by atoms with van der Waals surface area (Å²) in [5, 5.41) is 7.37. The quantitative estimate of drug-likeness (QED) is 0.799. The minimum atomic E-state index is -0.283. The predicted molar refractivity (Wildman–Crippen MR) is 88.5 cm³/mol. The van der Waals surface area contributed by atoms with Crippen LogP contribution in [0.2, 0.25) is 5.02 Å². The van der Waals surface area contributed by atoms with Gasteiger partial charge in [-0.15, -0.1) is 0 Å². The number of nitrogens with zero attached hydrogens (tertiary/aromatic N) is 3. The van der Waals surface area contributed by atoms with Crippen molar-refractivity contribution in [3.63, 3.8) is 0 Å². The Balaban J connectivity index is 1.90. The molecule has 23 heavy (non-hydrogen) atoms. The summed E-state index contributed by atoms with van der Waals surface area (Å²) in [4.78, 5) is 12.6. The zero-order chi connectivity index (χ0) is 16.4. The van der Waals surface area contributed by atoms with Crippen LogP contribution >= 0.6 is 11.6 Å². The Labute approximate surface area is 138 Å². The smallest absolute Gasteiger partial charge is 0.261 e. The van der Waals surface area contributed by atoms with Crippen LogP contribution in [-0.2, 0) is 7.05 Å². The lowest BCUT2D eigenvalue weighted by atomic mass is 10.2. The normalized spacial score (nSPS) is 10.6. The van der Waals surface area contributed by atoms with Gasteiger partial charge in [0.1, 0.15) is 17.1 Å². The lowest BCUT2D eigenvalue weighted by Crippen LogP contribution is -2.15. The molecule has 0 saturated heterocycles. The molecule has 0 aliphatic carbocycles. The molecular formula is C16H15ClN4O2. The number of methoxy groups -OCH3 is 1. The topological polar surface area (TPSA) is 61.1 Å². The van der Waals surface area contributed by atoms with Crippen LogP contribution in [0.25, 0.3) is 5.82 Å². The van der Waals surface area contributed by atoms with Gasteiger partial charge < -0.3 is 14.6 Å². The van der Waals surface area contributed by atoms with Gasteiger partial charge in [-0.3, -0.25) is 9.48 Å². The van der Waals surface area contributed by atoms with Crippen LogP contribution in [0.4, 0.5) is 5.69 Å². The first-order chi connectivity index (χ1) is 11.1. The van der Waals surface area contributed by atoms with Crippen molar-refractivity contribution >= 4 is 23.2 Å². The van der Waals surface area contributed by atoms with E-state index < -0.39 is 0 Å². The molecule has 0 atom stereocenters. The number of carbonyl (C=O) groups excluding carboxylic acids is 1. The van der Waals surface area contributed by atoms with E-state index in [4.69, 9.17) is 16.3 Å². The average molecular weight is 331 g/mol. The molecule has 0 aliphatic heterocycles. The Morgan fingerprint density at radius 1 is 1.30 bits per heavy atom. The van der Waals surface area contributed by atoms with Gasteiger partial charge in [-0.2, -0.15) is 5.10 Å². The van der Waals surface area contributed by atoms with Gasteiger partial charge in [0.05, 0.1) is 24.0 Å². The summed E-state index contributed by atoms with van der Waals surface area (Å²) in [6, 6.07) is 8.85. The van der Waals surface area contributed by atoms with Gasteiger partial charge in [-0.05, 0) is 24.3 Å². The highest BCUT2D eigenvalue weighted by Gasteiger charge is 2.18. The molecule has 0 saturated carbocycles. The van der Waals surface area contributed by atoms with Crippen LogP contribution in [0, 0.1) is 0 Å². The van der Waals surface area contributed by atoms with Gasteiger partial charge in [0.25, 0.3) is 5.91 Å². The van der Waals surface area contributed by atoms with Gasteiger partial charge in [-0.25, -0.2) is 0 Å². The molecule has 1 amide bonds. The summed E-state index contributed by atoms with van der Waals surface area (Å²) < 4.78 is 8.57. The third-order valence-corrected chi connectivity index (χ3v) is 3.74. The number of aromatic nitrogens is 3. The van der Waals surface area contributed by atoms with Crippen LogP contribution in [0.3, 0.4) is 0 Å². The SMILES string of the molecule is COc1ccc(NC(=O)c2cnn(C)c2-n2cccc2)c(Cl)c1. The molecule has 3 aromatic rings. The molecule has 2 aromatic heterocycles. The highest BCUT2D eigenvalue weighted by atomic mass is 35.5. The summed E-state index contributed by atoms with van der Waals surface area (Å²) in [5.74, 6) is 1.02. The predicted octanol–water partition coefficient (Wildman–Crippen LogP) is 3.13.